The summed E-state index contributed by atoms with van der Waals surface area (Å²) in [4.78, 5) is 11.0. The number of anilines is 1. The van der Waals surface area contributed by atoms with Crippen LogP contribution in [-0.4, -0.2) is 53.8 Å². The Hall–Kier alpha value is -1.24. The Kier molecular flexibility index (Phi) is 2.90. The largest absolute Gasteiger partial charge is 0.376 e. The van der Waals surface area contributed by atoms with Crippen LogP contribution in [0.5, 0.6) is 0 Å². The molecule has 1 saturated heterocycles. The summed E-state index contributed by atoms with van der Waals surface area (Å²) in [6.45, 7) is 0.885. The van der Waals surface area contributed by atoms with Gasteiger partial charge < -0.3 is 15.0 Å². The molecule has 1 aliphatic heterocycles. The molecule has 4 atom stereocenters. The lowest BCUT2D eigenvalue weighted by molar-refractivity contribution is -0.0516. The Morgan fingerprint density at radius 3 is 3.15 bits per heavy atom. The Morgan fingerprint density at radius 2 is 2.30 bits per heavy atom. The molecule has 1 saturated carbocycles. The first kappa shape index (κ1) is 12.5. The molecule has 0 aromatic carbocycles. The van der Waals surface area contributed by atoms with Crippen molar-refractivity contribution in [1.29, 1.82) is 0 Å². The van der Waals surface area contributed by atoms with Crippen LogP contribution in [0.3, 0.4) is 0 Å². The van der Waals surface area contributed by atoms with Crippen molar-refractivity contribution in [2.75, 3.05) is 26.0 Å². The minimum absolute atomic E-state index is 0.378. The molecule has 0 bridgehead atoms. The monoisotopic (exact) mass is 290 g/mol. The van der Waals surface area contributed by atoms with Crippen LogP contribution in [0.15, 0.2) is 17.8 Å². The first-order valence-electron chi connectivity index (χ1n) is 6.98. The van der Waals surface area contributed by atoms with Gasteiger partial charge in [-0.2, -0.15) is 0 Å². The molecule has 6 heteroatoms. The first-order chi connectivity index (χ1) is 9.75. The van der Waals surface area contributed by atoms with Crippen molar-refractivity contribution in [1.82, 2.24) is 14.9 Å². The molecular formula is C14H18N4OS. The molecule has 0 amide bonds. The minimum Gasteiger partial charge on any atom is -0.376 e. The van der Waals surface area contributed by atoms with E-state index in [2.05, 4.69) is 39.7 Å². The highest BCUT2D eigenvalue weighted by Gasteiger charge is 2.55. The number of nitrogens with one attached hydrogen (secondary N) is 1. The maximum absolute atomic E-state index is 5.85. The van der Waals surface area contributed by atoms with Crippen molar-refractivity contribution >= 4 is 27.4 Å². The average Bonchev–Trinajstić information content (AvgIpc) is 3.02. The van der Waals surface area contributed by atoms with E-state index in [-0.39, 0.29) is 0 Å². The van der Waals surface area contributed by atoms with Crippen LogP contribution in [0, 0.1) is 5.92 Å². The highest BCUT2D eigenvalue weighted by molar-refractivity contribution is 7.17. The zero-order valence-electron chi connectivity index (χ0n) is 11.6. The zero-order valence-corrected chi connectivity index (χ0v) is 12.4. The van der Waals surface area contributed by atoms with Gasteiger partial charge in [0.05, 0.1) is 28.4 Å². The summed E-state index contributed by atoms with van der Waals surface area (Å²) in [6, 6.07) is 2.88. The lowest BCUT2D eigenvalue weighted by atomic mass is 9.71. The van der Waals surface area contributed by atoms with Gasteiger partial charge in [0.2, 0.25) is 0 Å². The number of hydrogen-bond donors (Lipinski definition) is 1. The number of hydrogen-bond acceptors (Lipinski definition) is 6. The van der Waals surface area contributed by atoms with Gasteiger partial charge in [0.15, 0.2) is 0 Å². The summed E-state index contributed by atoms with van der Waals surface area (Å²) in [5, 5.41) is 5.71. The van der Waals surface area contributed by atoms with Crippen LogP contribution in [0.25, 0.3) is 10.2 Å². The van der Waals surface area contributed by atoms with Gasteiger partial charge in [-0.05, 0) is 32.0 Å². The summed E-state index contributed by atoms with van der Waals surface area (Å²) in [6.07, 6.45) is 3.16. The molecule has 4 rings (SSSR count). The third-order valence-electron chi connectivity index (χ3n) is 4.49. The average molecular weight is 290 g/mol. The molecule has 2 aliphatic rings. The van der Waals surface area contributed by atoms with Crippen molar-refractivity contribution < 1.29 is 4.74 Å². The first-order valence-corrected chi connectivity index (χ1v) is 7.86. The topological polar surface area (TPSA) is 50.3 Å². The fraction of sp³-hybridized carbons (Fsp3) is 0.571. The van der Waals surface area contributed by atoms with Gasteiger partial charge in [0, 0.05) is 12.5 Å². The SMILES string of the molecule is CN(C)[C@H]1[C@H](Nc2ncnc3ccsc23)[C@@H]2CCO[C@@H]21. The third-order valence-corrected chi connectivity index (χ3v) is 5.40. The van der Waals surface area contributed by atoms with Gasteiger partial charge in [0.1, 0.15) is 12.1 Å². The Labute approximate surface area is 122 Å². The van der Waals surface area contributed by atoms with E-state index >= 15 is 0 Å². The molecule has 0 unspecified atom stereocenters. The maximum Gasteiger partial charge on any atom is 0.147 e. The summed E-state index contributed by atoms with van der Waals surface area (Å²) in [7, 11) is 4.25. The molecule has 20 heavy (non-hydrogen) atoms. The highest BCUT2D eigenvalue weighted by Crippen LogP contribution is 2.43. The summed E-state index contributed by atoms with van der Waals surface area (Å²) < 4.78 is 7.00. The Bertz CT molecular complexity index is 628. The van der Waals surface area contributed by atoms with Crippen molar-refractivity contribution in [2.45, 2.75) is 24.6 Å². The fourth-order valence-corrected chi connectivity index (χ4v) is 4.33. The van der Waals surface area contributed by atoms with Crippen LogP contribution in [0.1, 0.15) is 6.42 Å². The quantitative estimate of drug-likeness (QED) is 0.934. The second kappa shape index (κ2) is 4.65. The molecular weight excluding hydrogens is 272 g/mol. The predicted molar refractivity (Wildman–Crippen MR) is 80.1 cm³/mol. The minimum atomic E-state index is 0.378. The number of likely N-dealkylation sites (N-methyl/N-ethyl adjacent to an activating group) is 1. The van der Waals surface area contributed by atoms with Crippen molar-refractivity contribution in [2.24, 2.45) is 5.92 Å². The molecule has 3 heterocycles. The number of nitrogens with zero attached hydrogens (tertiary/aromatic N) is 3. The second-order valence-corrected chi connectivity index (χ2v) is 6.69. The number of thiophene rings is 1. The van der Waals surface area contributed by atoms with Crippen LogP contribution >= 0.6 is 11.3 Å². The van der Waals surface area contributed by atoms with E-state index in [1.807, 2.05) is 6.07 Å². The Morgan fingerprint density at radius 1 is 1.40 bits per heavy atom. The Balaban J connectivity index is 1.63. The van der Waals surface area contributed by atoms with E-state index in [1.54, 1.807) is 17.7 Å². The van der Waals surface area contributed by atoms with E-state index in [0.717, 1.165) is 29.1 Å². The summed E-state index contributed by atoms with van der Waals surface area (Å²) >= 11 is 1.69. The van der Waals surface area contributed by atoms with Crippen LogP contribution in [0.2, 0.25) is 0 Å². The zero-order chi connectivity index (χ0) is 13.7. The predicted octanol–water partition coefficient (Wildman–Crippen LogP) is 1.82. The summed E-state index contributed by atoms with van der Waals surface area (Å²) in [5.41, 5.74) is 1.02. The van der Waals surface area contributed by atoms with E-state index < -0.39 is 0 Å². The molecule has 2 fully saturated rings. The highest BCUT2D eigenvalue weighted by atomic mass is 32.1. The number of rotatable bonds is 3. The van der Waals surface area contributed by atoms with Crippen LogP contribution in [0.4, 0.5) is 5.82 Å². The van der Waals surface area contributed by atoms with Crippen molar-refractivity contribution in [3.05, 3.63) is 17.8 Å². The van der Waals surface area contributed by atoms with Gasteiger partial charge in [0.25, 0.3) is 0 Å². The van der Waals surface area contributed by atoms with E-state index in [4.69, 9.17) is 4.74 Å². The smallest absolute Gasteiger partial charge is 0.147 e. The van der Waals surface area contributed by atoms with Gasteiger partial charge in [-0.3, -0.25) is 0 Å². The van der Waals surface area contributed by atoms with Gasteiger partial charge >= 0.3 is 0 Å². The molecule has 1 N–H and O–H groups in total. The normalized spacial score (nSPS) is 32.4. The third kappa shape index (κ3) is 1.75. The van der Waals surface area contributed by atoms with E-state index in [9.17, 15) is 0 Å². The molecule has 2 aromatic heterocycles. The molecule has 0 spiro atoms. The van der Waals surface area contributed by atoms with E-state index in [0.29, 0.717) is 24.1 Å². The van der Waals surface area contributed by atoms with Crippen LogP contribution < -0.4 is 5.32 Å². The lowest BCUT2D eigenvalue weighted by Crippen LogP contribution is -2.66. The van der Waals surface area contributed by atoms with Gasteiger partial charge in [-0.25, -0.2) is 9.97 Å². The van der Waals surface area contributed by atoms with Gasteiger partial charge in [-0.15, -0.1) is 11.3 Å². The van der Waals surface area contributed by atoms with Gasteiger partial charge in [-0.1, -0.05) is 0 Å². The molecule has 0 radical (unpaired) electrons. The number of aromatic nitrogens is 2. The van der Waals surface area contributed by atoms with Crippen LogP contribution in [-0.2, 0) is 4.74 Å². The molecule has 2 aromatic rings. The van der Waals surface area contributed by atoms with E-state index in [1.165, 1.54) is 0 Å². The van der Waals surface area contributed by atoms with Crippen molar-refractivity contribution in [3.63, 3.8) is 0 Å². The molecule has 1 aliphatic carbocycles. The molecule has 106 valence electrons. The fourth-order valence-electron chi connectivity index (χ4n) is 3.53. The second-order valence-electron chi connectivity index (χ2n) is 5.77. The summed E-state index contributed by atoms with van der Waals surface area (Å²) in [5.74, 6) is 1.57. The standard InChI is InChI=1S/C14H18N4OS/c1-18(2)11-10(8-3-5-19-12(8)11)17-14-13-9(4-6-20-13)15-7-16-14/h4,6-8,10-12H,3,5H2,1-2H3,(H,15,16,17)/t8-,10+,11-,12-/m0/s1. The number of fused-ring (bicyclic) bond motifs is 2. The maximum atomic E-state index is 5.85. The molecule has 5 nitrogen and oxygen atoms in total. The lowest BCUT2D eigenvalue weighted by Gasteiger charge is -2.51. The number of ether oxygens (including phenoxy) is 1. The van der Waals surface area contributed by atoms with Crippen molar-refractivity contribution in [3.8, 4) is 0 Å².